The molecule has 0 fully saturated rings. The fourth-order valence-electron chi connectivity index (χ4n) is 1.44. The van der Waals surface area contributed by atoms with Crippen LogP contribution in [0.4, 0.5) is 11.4 Å². The summed E-state index contributed by atoms with van der Waals surface area (Å²) in [5, 5.41) is 8.99. The van der Waals surface area contributed by atoms with Crippen molar-refractivity contribution in [1.29, 1.82) is 5.26 Å². The molecular formula is C12H10N4. The molecule has 0 unspecified atom stereocenters. The van der Waals surface area contributed by atoms with Crippen molar-refractivity contribution >= 4 is 11.4 Å². The summed E-state index contributed by atoms with van der Waals surface area (Å²) in [6.45, 7) is 0. The summed E-state index contributed by atoms with van der Waals surface area (Å²) in [5.74, 6) is 0. The standard InChI is InChI=1S/C12H10N4/c1-16(11-3-2-5-14-8-11)12-9-15-6-4-10(12)7-13/h2-6,8-9H,1H3. The lowest BCUT2D eigenvalue weighted by atomic mass is 10.2. The zero-order valence-electron chi connectivity index (χ0n) is 8.83. The van der Waals surface area contributed by atoms with Gasteiger partial charge in [-0.25, -0.2) is 0 Å². The molecular weight excluding hydrogens is 200 g/mol. The Balaban J connectivity index is 2.42. The van der Waals surface area contributed by atoms with E-state index in [-0.39, 0.29) is 0 Å². The predicted octanol–water partition coefficient (Wildman–Crippen LogP) is 2.12. The quantitative estimate of drug-likeness (QED) is 0.761. The average Bonchev–Trinajstić information content (AvgIpc) is 2.39. The lowest BCUT2D eigenvalue weighted by molar-refractivity contribution is 1.14. The Labute approximate surface area is 93.8 Å². The van der Waals surface area contributed by atoms with Gasteiger partial charge in [0, 0.05) is 19.4 Å². The lowest BCUT2D eigenvalue weighted by Crippen LogP contribution is -2.11. The van der Waals surface area contributed by atoms with E-state index >= 15 is 0 Å². The molecule has 16 heavy (non-hydrogen) atoms. The maximum absolute atomic E-state index is 8.99. The van der Waals surface area contributed by atoms with Gasteiger partial charge in [0.1, 0.15) is 6.07 Å². The Morgan fingerprint density at radius 1 is 1.19 bits per heavy atom. The second-order valence-electron chi connectivity index (χ2n) is 3.27. The molecule has 0 N–H and O–H groups in total. The number of nitriles is 1. The normalized spacial score (nSPS) is 9.50. The average molecular weight is 210 g/mol. The van der Waals surface area contributed by atoms with E-state index in [0.717, 1.165) is 11.4 Å². The first kappa shape index (κ1) is 10.1. The highest BCUT2D eigenvalue weighted by molar-refractivity contribution is 5.66. The van der Waals surface area contributed by atoms with E-state index < -0.39 is 0 Å². The van der Waals surface area contributed by atoms with Crippen molar-refractivity contribution in [2.75, 3.05) is 11.9 Å². The first-order valence-electron chi connectivity index (χ1n) is 4.81. The van der Waals surface area contributed by atoms with E-state index in [1.807, 2.05) is 24.1 Å². The Morgan fingerprint density at radius 3 is 2.69 bits per heavy atom. The molecule has 2 aromatic rings. The Bertz CT molecular complexity index is 516. The van der Waals surface area contributed by atoms with Crippen LogP contribution in [-0.2, 0) is 0 Å². The van der Waals surface area contributed by atoms with Crippen LogP contribution in [0, 0.1) is 11.3 Å². The van der Waals surface area contributed by atoms with Gasteiger partial charge < -0.3 is 4.90 Å². The molecule has 4 heteroatoms. The van der Waals surface area contributed by atoms with E-state index in [4.69, 9.17) is 5.26 Å². The highest BCUT2D eigenvalue weighted by Gasteiger charge is 2.08. The van der Waals surface area contributed by atoms with Gasteiger partial charge in [0.15, 0.2) is 0 Å². The van der Waals surface area contributed by atoms with E-state index in [0.29, 0.717) is 5.56 Å². The second-order valence-corrected chi connectivity index (χ2v) is 3.27. The third-order valence-electron chi connectivity index (χ3n) is 2.32. The van der Waals surface area contributed by atoms with Gasteiger partial charge >= 0.3 is 0 Å². The van der Waals surface area contributed by atoms with Crippen molar-refractivity contribution in [2.45, 2.75) is 0 Å². The van der Waals surface area contributed by atoms with Crippen LogP contribution in [0.1, 0.15) is 5.56 Å². The fourth-order valence-corrected chi connectivity index (χ4v) is 1.44. The monoisotopic (exact) mass is 210 g/mol. The molecule has 0 amide bonds. The van der Waals surface area contributed by atoms with E-state index in [2.05, 4.69) is 16.0 Å². The maximum atomic E-state index is 8.99. The van der Waals surface area contributed by atoms with Crippen LogP contribution >= 0.6 is 0 Å². The molecule has 0 aliphatic heterocycles. The van der Waals surface area contributed by atoms with Gasteiger partial charge in [0.05, 0.1) is 29.3 Å². The summed E-state index contributed by atoms with van der Waals surface area (Å²) in [7, 11) is 1.88. The van der Waals surface area contributed by atoms with Crippen LogP contribution in [0.15, 0.2) is 43.0 Å². The Morgan fingerprint density at radius 2 is 2.00 bits per heavy atom. The van der Waals surface area contributed by atoms with Crippen LogP contribution in [0.25, 0.3) is 0 Å². The minimum atomic E-state index is 0.598. The van der Waals surface area contributed by atoms with E-state index in [1.54, 1.807) is 30.9 Å². The molecule has 0 bridgehead atoms. The zero-order chi connectivity index (χ0) is 11.4. The molecule has 0 aliphatic rings. The van der Waals surface area contributed by atoms with Crippen molar-refractivity contribution in [1.82, 2.24) is 9.97 Å². The molecule has 0 aromatic carbocycles. The van der Waals surface area contributed by atoms with Crippen molar-refractivity contribution in [3.63, 3.8) is 0 Å². The molecule has 78 valence electrons. The number of hydrogen-bond acceptors (Lipinski definition) is 4. The van der Waals surface area contributed by atoms with Gasteiger partial charge in [-0.15, -0.1) is 0 Å². The molecule has 0 spiro atoms. The predicted molar refractivity (Wildman–Crippen MR) is 61.3 cm³/mol. The van der Waals surface area contributed by atoms with Gasteiger partial charge in [0.2, 0.25) is 0 Å². The van der Waals surface area contributed by atoms with Crippen molar-refractivity contribution in [2.24, 2.45) is 0 Å². The third kappa shape index (κ3) is 1.84. The molecule has 0 radical (unpaired) electrons. The number of pyridine rings is 2. The largest absolute Gasteiger partial charge is 0.341 e. The second kappa shape index (κ2) is 4.41. The summed E-state index contributed by atoms with van der Waals surface area (Å²) in [5.41, 5.74) is 2.30. The topological polar surface area (TPSA) is 52.8 Å². The van der Waals surface area contributed by atoms with Gasteiger partial charge in [-0.2, -0.15) is 5.26 Å². The molecule has 2 heterocycles. The number of nitrogens with zero attached hydrogens (tertiary/aromatic N) is 4. The highest BCUT2D eigenvalue weighted by atomic mass is 15.1. The van der Waals surface area contributed by atoms with Crippen LogP contribution in [0.5, 0.6) is 0 Å². The molecule has 2 aromatic heterocycles. The first-order valence-corrected chi connectivity index (χ1v) is 4.81. The van der Waals surface area contributed by atoms with E-state index in [9.17, 15) is 0 Å². The fraction of sp³-hybridized carbons (Fsp3) is 0.0833. The SMILES string of the molecule is CN(c1cccnc1)c1cnccc1C#N. The van der Waals surface area contributed by atoms with Gasteiger partial charge in [-0.1, -0.05) is 0 Å². The minimum absolute atomic E-state index is 0.598. The molecule has 0 atom stereocenters. The minimum Gasteiger partial charge on any atom is -0.341 e. The zero-order valence-corrected chi connectivity index (χ0v) is 8.83. The molecule has 0 aliphatic carbocycles. The number of rotatable bonds is 2. The Kier molecular flexibility index (Phi) is 2.79. The van der Waals surface area contributed by atoms with Crippen LogP contribution in [-0.4, -0.2) is 17.0 Å². The smallest absolute Gasteiger partial charge is 0.101 e. The van der Waals surface area contributed by atoms with Gasteiger partial charge in [-0.05, 0) is 18.2 Å². The van der Waals surface area contributed by atoms with Crippen molar-refractivity contribution in [3.05, 3.63) is 48.5 Å². The maximum Gasteiger partial charge on any atom is 0.101 e. The van der Waals surface area contributed by atoms with Crippen molar-refractivity contribution < 1.29 is 0 Å². The lowest BCUT2D eigenvalue weighted by Gasteiger charge is -2.19. The van der Waals surface area contributed by atoms with Gasteiger partial charge in [0.25, 0.3) is 0 Å². The summed E-state index contributed by atoms with van der Waals surface area (Å²) in [6, 6.07) is 7.63. The Hall–Kier alpha value is -2.41. The van der Waals surface area contributed by atoms with Gasteiger partial charge in [-0.3, -0.25) is 9.97 Å². The molecule has 0 saturated heterocycles. The first-order chi connectivity index (χ1) is 7.83. The van der Waals surface area contributed by atoms with Crippen LogP contribution in [0.3, 0.4) is 0 Å². The number of aromatic nitrogens is 2. The summed E-state index contributed by atoms with van der Waals surface area (Å²) < 4.78 is 0. The summed E-state index contributed by atoms with van der Waals surface area (Å²) in [6.07, 6.45) is 6.74. The van der Waals surface area contributed by atoms with Crippen LogP contribution in [0.2, 0.25) is 0 Å². The van der Waals surface area contributed by atoms with Crippen molar-refractivity contribution in [3.8, 4) is 6.07 Å². The molecule has 0 saturated carbocycles. The third-order valence-corrected chi connectivity index (χ3v) is 2.32. The number of hydrogen-bond donors (Lipinski definition) is 0. The summed E-state index contributed by atoms with van der Waals surface area (Å²) >= 11 is 0. The summed E-state index contributed by atoms with van der Waals surface area (Å²) in [4.78, 5) is 9.96. The molecule has 2 rings (SSSR count). The molecule has 4 nitrogen and oxygen atoms in total. The van der Waals surface area contributed by atoms with Crippen LogP contribution < -0.4 is 4.90 Å². The number of anilines is 2. The van der Waals surface area contributed by atoms with E-state index in [1.165, 1.54) is 0 Å². The highest BCUT2D eigenvalue weighted by Crippen LogP contribution is 2.24.